The molecular weight excluding hydrogens is 127 g/mol. The second kappa shape index (κ2) is 7.52. The molecule has 1 N–H and O–H groups in total. The van der Waals surface area contributed by atoms with Gasteiger partial charge >= 0.3 is 29.6 Å². The van der Waals surface area contributed by atoms with Gasteiger partial charge in [-0.1, -0.05) is 0 Å². The largest absolute Gasteiger partial charge is 1.00 e. The maximum Gasteiger partial charge on any atom is 1.00 e. The van der Waals surface area contributed by atoms with E-state index in [1.54, 1.807) is 12.1 Å². The normalized spacial score (nSPS) is 8.44. The summed E-state index contributed by atoms with van der Waals surface area (Å²) in [7, 11) is 0. The molecule has 0 aliphatic carbocycles. The van der Waals surface area contributed by atoms with Crippen molar-refractivity contribution in [3.63, 3.8) is 0 Å². The number of rotatable bonds is 1. The summed E-state index contributed by atoms with van der Waals surface area (Å²) >= 11 is 0. The monoisotopic (exact) mass is 132 g/mol. The van der Waals surface area contributed by atoms with E-state index >= 15 is 0 Å². The first-order chi connectivity index (χ1) is 3.85. The molecule has 0 bridgehead atoms. The Balaban J connectivity index is -0.000000245. The predicted octanol–water partition coefficient (Wildman–Crippen LogP) is -2.02. The van der Waals surface area contributed by atoms with Crippen LogP contribution >= 0.6 is 0 Å². The van der Waals surface area contributed by atoms with Gasteiger partial charge < -0.3 is 6.53 Å². The van der Waals surface area contributed by atoms with Gasteiger partial charge in [-0.05, 0) is 0 Å². The van der Waals surface area contributed by atoms with Crippen molar-refractivity contribution in [1.82, 2.24) is 0 Å². The van der Waals surface area contributed by atoms with Crippen LogP contribution in [0.4, 0.5) is 0 Å². The van der Waals surface area contributed by atoms with E-state index in [0.29, 0.717) is 6.26 Å². The van der Waals surface area contributed by atoms with Crippen molar-refractivity contribution in [2.75, 3.05) is 0 Å². The molecule has 0 heterocycles. The van der Waals surface area contributed by atoms with Gasteiger partial charge in [-0.15, -0.1) is 0 Å². The number of aliphatic hydroxyl groups is 1. The van der Waals surface area contributed by atoms with Crippen molar-refractivity contribution in [2.24, 2.45) is 0 Å². The molecule has 0 spiro atoms. The molecule has 0 unspecified atom stereocenters. The molecule has 0 fully saturated rings. The first kappa shape index (κ1) is 11.3. The molecular formula is C5H5N2NaO. The zero-order valence-electron chi connectivity index (χ0n) is 6.13. The first-order valence-corrected chi connectivity index (χ1v) is 1.95. The fraction of sp³-hybridized carbons (Fsp3) is 0.200. The third-order valence-corrected chi connectivity index (χ3v) is 0.569. The molecule has 0 saturated carbocycles. The van der Waals surface area contributed by atoms with Crippen LogP contribution in [0, 0.1) is 22.7 Å². The van der Waals surface area contributed by atoms with Gasteiger partial charge in [0.05, 0.1) is 30.4 Å². The third kappa shape index (κ3) is 5.39. The van der Waals surface area contributed by atoms with Gasteiger partial charge in [0, 0.05) is 0 Å². The van der Waals surface area contributed by atoms with Crippen LogP contribution in [-0.4, -0.2) is 5.11 Å². The van der Waals surface area contributed by atoms with Gasteiger partial charge in [0.25, 0.3) is 0 Å². The molecule has 0 aromatic heterocycles. The molecule has 0 aliphatic rings. The quantitative estimate of drug-likeness (QED) is 0.254. The van der Waals surface area contributed by atoms with Crippen LogP contribution in [0.15, 0.2) is 11.8 Å². The van der Waals surface area contributed by atoms with Crippen LogP contribution in [0.5, 0.6) is 0 Å². The summed E-state index contributed by atoms with van der Waals surface area (Å²) in [5.41, 5.74) is 0.0903. The second-order valence-corrected chi connectivity index (χ2v) is 1.10. The molecule has 9 heavy (non-hydrogen) atoms. The van der Waals surface area contributed by atoms with Crippen LogP contribution in [0.3, 0.4) is 0 Å². The molecule has 0 atom stereocenters. The fourth-order valence-corrected chi connectivity index (χ4v) is 0.199. The van der Waals surface area contributed by atoms with E-state index in [4.69, 9.17) is 15.6 Å². The average molecular weight is 132 g/mol. The Hall–Kier alpha value is -0.480. The van der Waals surface area contributed by atoms with E-state index in [1.807, 2.05) is 0 Å². The molecule has 0 rings (SSSR count). The second-order valence-electron chi connectivity index (χ2n) is 1.10. The Morgan fingerprint density at radius 3 is 2.33 bits per heavy atom. The van der Waals surface area contributed by atoms with Gasteiger partial charge in [-0.2, -0.15) is 10.5 Å². The Bertz CT molecular complexity index is 179. The van der Waals surface area contributed by atoms with Crippen molar-refractivity contribution >= 4 is 0 Å². The van der Waals surface area contributed by atoms with E-state index in [2.05, 4.69) is 0 Å². The minimum atomic E-state index is -0.0208. The number of hydrogen-bond donors (Lipinski definition) is 1. The van der Waals surface area contributed by atoms with E-state index < -0.39 is 0 Å². The van der Waals surface area contributed by atoms with Crippen LogP contribution < -0.4 is 29.6 Å². The maximum atomic E-state index is 8.12. The molecule has 0 radical (unpaired) electrons. The van der Waals surface area contributed by atoms with Crippen molar-refractivity contribution in [1.29, 1.82) is 10.5 Å². The maximum absolute atomic E-state index is 8.12. The summed E-state index contributed by atoms with van der Waals surface area (Å²) in [6.07, 6.45) is 0.621. The van der Waals surface area contributed by atoms with Gasteiger partial charge in [-0.3, -0.25) is 0 Å². The summed E-state index contributed by atoms with van der Waals surface area (Å²) in [5.74, 6) is 0. The molecule has 3 nitrogen and oxygen atoms in total. The smallest absolute Gasteiger partial charge is 1.00 e. The molecule has 0 aromatic rings. The van der Waals surface area contributed by atoms with Gasteiger partial charge in [0.1, 0.15) is 0 Å². The molecule has 4 heteroatoms. The van der Waals surface area contributed by atoms with Crippen molar-refractivity contribution in [3.8, 4) is 12.1 Å². The first-order valence-electron chi connectivity index (χ1n) is 1.95. The SMILES string of the molecule is N#CCC(C#N)=CO.[H-].[Na+]. The van der Waals surface area contributed by atoms with Gasteiger partial charge in [-0.25, -0.2) is 0 Å². The van der Waals surface area contributed by atoms with Crippen LogP contribution in [0.1, 0.15) is 7.85 Å². The summed E-state index contributed by atoms with van der Waals surface area (Å²) in [4.78, 5) is 0. The van der Waals surface area contributed by atoms with E-state index in [-0.39, 0.29) is 43.0 Å². The van der Waals surface area contributed by atoms with Gasteiger partial charge in [0.15, 0.2) is 0 Å². The van der Waals surface area contributed by atoms with Crippen molar-refractivity contribution < 1.29 is 36.1 Å². The standard InChI is InChI=1S/C5H4N2O.Na.H/c6-2-1-5(3-7)4-8;;/h4,8H,1H2;;/q;+1;-1. The minimum Gasteiger partial charge on any atom is -1.00 e. The van der Waals surface area contributed by atoms with Crippen LogP contribution in [0.2, 0.25) is 0 Å². The molecule has 42 valence electrons. The van der Waals surface area contributed by atoms with E-state index in [9.17, 15) is 0 Å². The zero-order valence-corrected chi connectivity index (χ0v) is 7.13. The average Bonchev–Trinajstić information content (AvgIpc) is 1.83. The minimum absolute atomic E-state index is 0. The number of hydrogen-bond acceptors (Lipinski definition) is 3. The predicted molar refractivity (Wildman–Crippen MR) is 27.7 cm³/mol. The number of aliphatic hydroxyl groups excluding tert-OH is 1. The summed E-state index contributed by atoms with van der Waals surface area (Å²) in [5, 5.41) is 24.1. The molecule has 0 amide bonds. The van der Waals surface area contributed by atoms with E-state index in [0.717, 1.165) is 0 Å². The van der Waals surface area contributed by atoms with Gasteiger partial charge in [0.2, 0.25) is 0 Å². The number of nitriles is 2. The molecule has 0 aromatic carbocycles. The Morgan fingerprint density at radius 1 is 1.67 bits per heavy atom. The topological polar surface area (TPSA) is 67.8 Å². The summed E-state index contributed by atoms with van der Waals surface area (Å²) in [6, 6.07) is 3.36. The Kier molecular flexibility index (Phi) is 9.47. The Morgan fingerprint density at radius 2 is 2.22 bits per heavy atom. The molecule has 0 saturated heterocycles. The van der Waals surface area contributed by atoms with E-state index in [1.165, 1.54) is 0 Å². The third-order valence-electron chi connectivity index (χ3n) is 0.569. The van der Waals surface area contributed by atoms with Crippen molar-refractivity contribution in [3.05, 3.63) is 11.8 Å². The van der Waals surface area contributed by atoms with Crippen LogP contribution in [-0.2, 0) is 0 Å². The number of nitrogens with zero attached hydrogens (tertiary/aromatic N) is 2. The van der Waals surface area contributed by atoms with Crippen molar-refractivity contribution in [2.45, 2.75) is 6.42 Å². The number of allylic oxidation sites excluding steroid dienone is 1. The van der Waals surface area contributed by atoms with Crippen LogP contribution in [0.25, 0.3) is 0 Å². The summed E-state index contributed by atoms with van der Waals surface area (Å²) < 4.78 is 0. The summed E-state index contributed by atoms with van der Waals surface area (Å²) in [6.45, 7) is 0. The molecule has 0 aliphatic heterocycles. The Labute approximate surface area is 77.0 Å². The fourth-order valence-electron chi connectivity index (χ4n) is 0.199. The zero-order chi connectivity index (χ0) is 6.41.